The van der Waals surface area contributed by atoms with Gasteiger partial charge in [-0.25, -0.2) is 0 Å². The number of nitrogens with one attached hydrogen (secondary N) is 1. The van der Waals surface area contributed by atoms with Crippen LogP contribution in [0.15, 0.2) is 12.1 Å². The number of hydrogen-bond acceptors (Lipinski definition) is 5. The minimum atomic E-state index is -0.428. The first-order chi connectivity index (χ1) is 10.2. The van der Waals surface area contributed by atoms with Crippen molar-refractivity contribution in [1.82, 2.24) is 4.98 Å². The van der Waals surface area contributed by atoms with E-state index in [0.717, 1.165) is 38.6 Å². The molecule has 1 N–H and O–H groups in total. The highest BCUT2D eigenvalue weighted by Gasteiger charge is 2.22. The van der Waals surface area contributed by atoms with Crippen molar-refractivity contribution in [1.29, 1.82) is 0 Å². The van der Waals surface area contributed by atoms with Gasteiger partial charge < -0.3 is 10.1 Å². The summed E-state index contributed by atoms with van der Waals surface area (Å²) in [6.07, 6.45) is 7.58. The van der Waals surface area contributed by atoms with Crippen molar-refractivity contribution in [3.63, 3.8) is 0 Å². The molecule has 0 aliphatic heterocycles. The molecule has 116 valence electrons. The molecule has 1 aliphatic carbocycles. The quantitative estimate of drug-likeness (QED) is 0.489. The molecule has 1 aromatic heterocycles. The number of rotatable bonds is 6. The summed E-state index contributed by atoms with van der Waals surface area (Å²) < 4.78 is 5.86. The van der Waals surface area contributed by atoms with Crippen LogP contribution in [0.3, 0.4) is 0 Å². The number of nitrogens with zero attached hydrogens (tertiary/aromatic N) is 2. The van der Waals surface area contributed by atoms with Gasteiger partial charge in [-0.2, -0.15) is 4.98 Å². The van der Waals surface area contributed by atoms with Crippen LogP contribution in [0, 0.1) is 10.1 Å². The molecule has 2 rings (SSSR count). The second-order valence-corrected chi connectivity index (χ2v) is 5.44. The average molecular weight is 293 g/mol. The Hall–Kier alpha value is -1.85. The van der Waals surface area contributed by atoms with E-state index in [9.17, 15) is 10.1 Å². The first kappa shape index (κ1) is 15.5. The summed E-state index contributed by atoms with van der Waals surface area (Å²) in [5.74, 6) is 0.777. The second-order valence-electron chi connectivity index (χ2n) is 5.44. The van der Waals surface area contributed by atoms with Crippen molar-refractivity contribution in [3.8, 4) is 5.88 Å². The van der Waals surface area contributed by atoms with E-state index in [0.29, 0.717) is 5.82 Å². The van der Waals surface area contributed by atoms with Crippen molar-refractivity contribution in [2.24, 2.45) is 0 Å². The summed E-state index contributed by atoms with van der Waals surface area (Å²) >= 11 is 0. The van der Waals surface area contributed by atoms with Crippen LogP contribution in [-0.4, -0.2) is 22.6 Å². The highest BCUT2D eigenvalue weighted by atomic mass is 16.6. The maximum Gasteiger partial charge on any atom is 0.331 e. The highest BCUT2D eigenvalue weighted by molar-refractivity contribution is 5.49. The van der Waals surface area contributed by atoms with E-state index in [1.54, 1.807) is 6.07 Å². The lowest BCUT2D eigenvalue weighted by atomic mass is 10.1. The van der Waals surface area contributed by atoms with E-state index in [4.69, 9.17) is 4.74 Å². The molecule has 0 aromatic carbocycles. The van der Waals surface area contributed by atoms with Gasteiger partial charge in [-0.1, -0.05) is 19.8 Å². The molecule has 6 heteroatoms. The Bertz CT molecular complexity index is 471. The second kappa shape index (κ2) is 7.81. The van der Waals surface area contributed by atoms with Gasteiger partial charge in [-0.15, -0.1) is 0 Å². The molecule has 0 radical (unpaired) electrons. The molecule has 6 nitrogen and oxygen atoms in total. The molecule has 0 unspecified atom stereocenters. The zero-order valence-corrected chi connectivity index (χ0v) is 12.5. The predicted molar refractivity (Wildman–Crippen MR) is 81.8 cm³/mol. The Balaban J connectivity index is 2.14. The molecule has 0 amide bonds. The average Bonchev–Trinajstić information content (AvgIpc) is 2.73. The topological polar surface area (TPSA) is 77.3 Å². The molecule has 1 saturated carbocycles. The number of pyridine rings is 1. The molecule has 0 bridgehead atoms. The fourth-order valence-corrected chi connectivity index (χ4v) is 2.53. The van der Waals surface area contributed by atoms with Crippen LogP contribution in [0.2, 0.25) is 0 Å². The molecule has 1 aliphatic rings. The Kier molecular flexibility index (Phi) is 5.78. The summed E-state index contributed by atoms with van der Waals surface area (Å²) in [6, 6.07) is 3.10. The molecule has 0 atom stereocenters. The van der Waals surface area contributed by atoms with Crippen molar-refractivity contribution in [2.45, 2.75) is 58.0 Å². The van der Waals surface area contributed by atoms with E-state index >= 15 is 0 Å². The predicted octanol–water partition coefficient (Wildman–Crippen LogP) is 3.91. The SMILES string of the molecule is CCCNc1ccc([N+](=O)[O-])c(OC2CCCCCC2)n1. The Labute approximate surface area is 125 Å². The molecule has 1 fully saturated rings. The Morgan fingerprint density at radius 1 is 1.33 bits per heavy atom. The van der Waals surface area contributed by atoms with Gasteiger partial charge in [-0.05, 0) is 38.2 Å². The van der Waals surface area contributed by atoms with Crippen LogP contribution in [0.5, 0.6) is 5.88 Å². The lowest BCUT2D eigenvalue weighted by Gasteiger charge is -2.16. The minimum Gasteiger partial charge on any atom is -0.469 e. The van der Waals surface area contributed by atoms with Gasteiger partial charge in [0, 0.05) is 12.6 Å². The summed E-state index contributed by atoms with van der Waals surface area (Å²) in [5, 5.41) is 14.3. The highest BCUT2D eigenvalue weighted by Crippen LogP contribution is 2.30. The van der Waals surface area contributed by atoms with E-state index in [-0.39, 0.29) is 17.7 Å². The molecular formula is C15H23N3O3. The third-order valence-electron chi connectivity index (χ3n) is 3.67. The van der Waals surface area contributed by atoms with Crippen molar-refractivity contribution >= 4 is 11.5 Å². The number of ether oxygens (including phenoxy) is 1. The smallest absolute Gasteiger partial charge is 0.331 e. The third kappa shape index (κ3) is 4.58. The lowest BCUT2D eigenvalue weighted by molar-refractivity contribution is -0.386. The molecule has 1 heterocycles. The van der Waals surface area contributed by atoms with Gasteiger partial charge in [0.15, 0.2) is 0 Å². The van der Waals surface area contributed by atoms with Crippen LogP contribution < -0.4 is 10.1 Å². The van der Waals surface area contributed by atoms with Crippen molar-refractivity contribution in [2.75, 3.05) is 11.9 Å². The lowest BCUT2D eigenvalue weighted by Crippen LogP contribution is -2.17. The summed E-state index contributed by atoms with van der Waals surface area (Å²) in [4.78, 5) is 15.0. The normalized spacial score (nSPS) is 16.2. The zero-order valence-electron chi connectivity index (χ0n) is 12.5. The third-order valence-corrected chi connectivity index (χ3v) is 3.67. The maximum atomic E-state index is 11.1. The molecule has 0 saturated heterocycles. The van der Waals surface area contributed by atoms with Crippen LogP contribution in [-0.2, 0) is 0 Å². The summed E-state index contributed by atoms with van der Waals surface area (Å²) in [6.45, 7) is 2.84. The molecule has 0 spiro atoms. The zero-order chi connectivity index (χ0) is 15.1. The van der Waals surface area contributed by atoms with Crippen molar-refractivity contribution in [3.05, 3.63) is 22.2 Å². The van der Waals surface area contributed by atoms with E-state index in [1.165, 1.54) is 18.9 Å². The minimum absolute atomic E-state index is 0.0418. The summed E-state index contributed by atoms with van der Waals surface area (Å²) in [7, 11) is 0. The molecule has 21 heavy (non-hydrogen) atoms. The standard InChI is InChI=1S/C15H23N3O3/c1-2-11-16-14-10-9-13(18(19)20)15(17-14)21-12-7-5-3-4-6-8-12/h9-10,12H,2-8,11H2,1H3,(H,16,17). The van der Waals surface area contributed by atoms with E-state index < -0.39 is 4.92 Å². The Morgan fingerprint density at radius 2 is 2.05 bits per heavy atom. The number of anilines is 1. The fraction of sp³-hybridized carbons (Fsp3) is 0.667. The number of aromatic nitrogens is 1. The van der Waals surface area contributed by atoms with Gasteiger partial charge in [-0.3, -0.25) is 10.1 Å². The number of nitro groups is 1. The van der Waals surface area contributed by atoms with E-state index in [2.05, 4.69) is 17.2 Å². The van der Waals surface area contributed by atoms with Gasteiger partial charge >= 0.3 is 5.69 Å². The summed E-state index contributed by atoms with van der Waals surface area (Å²) in [5.41, 5.74) is -0.0544. The van der Waals surface area contributed by atoms with Crippen LogP contribution >= 0.6 is 0 Å². The Morgan fingerprint density at radius 3 is 2.67 bits per heavy atom. The van der Waals surface area contributed by atoms with Gasteiger partial charge in [0.1, 0.15) is 11.9 Å². The van der Waals surface area contributed by atoms with Gasteiger partial charge in [0.25, 0.3) is 5.88 Å². The molecule has 1 aromatic rings. The van der Waals surface area contributed by atoms with Crippen LogP contribution in [0.1, 0.15) is 51.9 Å². The van der Waals surface area contributed by atoms with Gasteiger partial charge in [0.05, 0.1) is 4.92 Å². The van der Waals surface area contributed by atoms with E-state index in [1.807, 2.05) is 0 Å². The van der Waals surface area contributed by atoms with Crippen LogP contribution in [0.25, 0.3) is 0 Å². The van der Waals surface area contributed by atoms with Crippen LogP contribution in [0.4, 0.5) is 11.5 Å². The largest absolute Gasteiger partial charge is 0.469 e. The monoisotopic (exact) mass is 293 g/mol. The van der Waals surface area contributed by atoms with Gasteiger partial charge in [0.2, 0.25) is 0 Å². The first-order valence-electron chi connectivity index (χ1n) is 7.76. The maximum absolute atomic E-state index is 11.1. The fourth-order valence-electron chi connectivity index (χ4n) is 2.53. The molecular weight excluding hydrogens is 270 g/mol. The first-order valence-corrected chi connectivity index (χ1v) is 7.76. The van der Waals surface area contributed by atoms with Crippen molar-refractivity contribution < 1.29 is 9.66 Å². The number of hydrogen-bond donors (Lipinski definition) is 1.